The highest BCUT2D eigenvalue weighted by Gasteiger charge is 2.46. The Morgan fingerprint density at radius 3 is 2.75 bits per heavy atom. The average molecular weight is 443 g/mol. The highest BCUT2D eigenvalue weighted by Crippen LogP contribution is 2.47. The number of rotatable bonds is 9. The van der Waals surface area contributed by atoms with E-state index < -0.39 is 23.7 Å². The predicted molar refractivity (Wildman–Crippen MR) is 121 cm³/mol. The van der Waals surface area contributed by atoms with E-state index in [1.807, 2.05) is 12.1 Å². The Bertz CT molecular complexity index is 919. The molecule has 1 fully saturated rings. The van der Waals surface area contributed by atoms with Gasteiger partial charge < -0.3 is 10.4 Å². The van der Waals surface area contributed by atoms with Crippen LogP contribution in [0, 0.1) is 11.8 Å². The van der Waals surface area contributed by atoms with E-state index in [1.165, 1.54) is 5.56 Å². The highest BCUT2D eigenvalue weighted by atomic mass is 19.3. The van der Waals surface area contributed by atoms with Gasteiger partial charge in [0.15, 0.2) is 0 Å². The molecule has 4 nitrogen and oxygen atoms in total. The Labute approximate surface area is 188 Å². The molecule has 1 aliphatic heterocycles. The van der Waals surface area contributed by atoms with Crippen LogP contribution >= 0.6 is 0 Å². The van der Waals surface area contributed by atoms with Crippen molar-refractivity contribution in [3.8, 4) is 0 Å². The number of carboxylic acid groups (broad SMARTS) is 1. The molecule has 0 bridgehead atoms. The van der Waals surface area contributed by atoms with Gasteiger partial charge in [-0.1, -0.05) is 36.4 Å². The zero-order valence-electron chi connectivity index (χ0n) is 18.4. The highest BCUT2D eigenvalue weighted by molar-refractivity contribution is 5.76. The zero-order valence-corrected chi connectivity index (χ0v) is 18.4. The van der Waals surface area contributed by atoms with E-state index >= 15 is 0 Å². The predicted octanol–water partition coefficient (Wildman–Crippen LogP) is 6.07. The van der Waals surface area contributed by atoms with Gasteiger partial charge in [0.1, 0.15) is 5.82 Å². The lowest BCUT2D eigenvalue weighted by Crippen LogP contribution is -2.27. The minimum absolute atomic E-state index is 0.142. The van der Waals surface area contributed by atoms with Gasteiger partial charge in [-0.25, -0.2) is 13.8 Å². The van der Waals surface area contributed by atoms with Gasteiger partial charge >= 0.3 is 5.97 Å². The monoisotopic (exact) mass is 442 g/mol. The number of carboxylic acids is 1. The van der Waals surface area contributed by atoms with E-state index in [-0.39, 0.29) is 18.8 Å². The van der Waals surface area contributed by atoms with Crippen molar-refractivity contribution in [2.24, 2.45) is 11.8 Å². The van der Waals surface area contributed by atoms with E-state index in [9.17, 15) is 18.7 Å². The number of aliphatic carboxylic acids is 1. The third kappa shape index (κ3) is 5.28. The normalized spacial score (nSPS) is 21.6. The second-order valence-electron chi connectivity index (χ2n) is 9.31. The van der Waals surface area contributed by atoms with Crippen LogP contribution in [0.25, 0.3) is 0 Å². The SMILES string of the molecule is O=C(O)[C@@H](c1ccccc1)C1CC[C@@H](C(F)(F)CCCCc2ccc3c(n2)NCCC3)C1. The van der Waals surface area contributed by atoms with Crippen molar-refractivity contribution in [3.63, 3.8) is 0 Å². The number of nitrogens with one attached hydrogen (secondary N) is 1. The van der Waals surface area contributed by atoms with Crippen molar-refractivity contribution in [2.45, 2.75) is 69.6 Å². The largest absolute Gasteiger partial charge is 0.481 e. The van der Waals surface area contributed by atoms with E-state index in [4.69, 9.17) is 0 Å². The van der Waals surface area contributed by atoms with Crippen LogP contribution in [0.4, 0.5) is 14.6 Å². The smallest absolute Gasteiger partial charge is 0.311 e. The van der Waals surface area contributed by atoms with Gasteiger partial charge in [-0.05, 0) is 74.5 Å². The fraction of sp³-hybridized carbons (Fsp3) is 0.538. The average Bonchev–Trinajstić information content (AvgIpc) is 3.28. The fourth-order valence-electron chi connectivity index (χ4n) is 5.36. The number of halogens is 2. The van der Waals surface area contributed by atoms with E-state index in [2.05, 4.69) is 16.4 Å². The maximum atomic E-state index is 14.9. The van der Waals surface area contributed by atoms with Gasteiger partial charge in [0, 0.05) is 24.6 Å². The molecule has 1 unspecified atom stereocenters. The number of unbranched alkanes of at least 4 members (excludes halogenated alkanes) is 1. The molecule has 1 aromatic heterocycles. The fourth-order valence-corrected chi connectivity index (χ4v) is 5.36. The number of nitrogens with zero attached hydrogens (tertiary/aromatic N) is 1. The molecule has 2 N–H and O–H groups in total. The standard InChI is InChI=1S/C26H32F2N2O2/c27-26(28,15-5-4-10-22-14-12-19-9-6-16-29-24(19)30-22)21-13-11-20(17-21)23(25(31)32)18-7-2-1-3-8-18/h1-3,7-8,12,14,20-21,23H,4-6,9-11,13,15-17H2,(H,29,30)(H,31,32)/t20?,21-,23+/m1/s1. The number of carbonyl (C=O) groups is 1. The molecule has 172 valence electrons. The molecule has 0 saturated heterocycles. The maximum Gasteiger partial charge on any atom is 0.311 e. The summed E-state index contributed by atoms with van der Waals surface area (Å²) < 4.78 is 29.9. The van der Waals surface area contributed by atoms with E-state index in [0.717, 1.165) is 30.9 Å². The summed E-state index contributed by atoms with van der Waals surface area (Å²) >= 11 is 0. The molecule has 2 aromatic rings. The lowest BCUT2D eigenvalue weighted by Gasteiger charge is -2.25. The first-order chi connectivity index (χ1) is 15.4. The molecule has 32 heavy (non-hydrogen) atoms. The number of aromatic nitrogens is 1. The minimum Gasteiger partial charge on any atom is -0.481 e. The molecule has 2 heterocycles. The van der Waals surface area contributed by atoms with Crippen molar-refractivity contribution in [1.29, 1.82) is 0 Å². The number of hydrogen-bond acceptors (Lipinski definition) is 3. The van der Waals surface area contributed by atoms with Crippen LogP contribution in [0.1, 0.15) is 67.7 Å². The molecule has 1 aliphatic carbocycles. The summed E-state index contributed by atoms with van der Waals surface area (Å²) in [6.45, 7) is 0.936. The summed E-state index contributed by atoms with van der Waals surface area (Å²) in [6.07, 6.45) is 5.05. The number of fused-ring (bicyclic) bond motifs is 1. The van der Waals surface area contributed by atoms with Crippen molar-refractivity contribution in [2.75, 3.05) is 11.9 Å². The number of anilines is 1. The Morgan fingerprint density at radius 2 is 1.97 bits per heavy atom. The Kier molecular flexibility index (Phi) is 7.07. The molecule has 0 amide bonds. The molecule has 3 atom stereocenters. The molecule has 6 heteroatoms. The maximum absolute atomic E-state index is 14.9. The second kappa shape index (κ2) is 9.97. The molecule has 1 aromatic carbocycles. The number of aryl methyl sites for hydroxylation is 2. The summed E-state index contributed by atoms with van der Waals surface area (Å²) in [5, 5.41) is 13.0. The van der Waals surface area contributed by atoms with Crippen LogP contribution in [0.2, 0.25) is 0 Å². The first-order valence-corrected chi connectivity index (χ1v) is 11.8. The van der Waals surface area contributed by atoms with Crippen molar-refractivity contribution in [3.05, 3.63) is 59.3 Å². The molecule has 2 aliphatic rings. The minimum atomic E-state index is -2.75. The molecular weight excluding hydrogens is 410 g/mol. The Hall–Kier alpha value is -2.50. The Morgan fingerprint density at radius 1 is 1.16 bits per heavy atom. The topological polar surface area (TPSA) is 62.2 Å². The van der Waals surface area contributed by atoms with E-state index in [1.54, 1.807) is 24.3 Å². The third-order valence-electron chi connectivity index (χ3n) is 7.11. The molecule has 1 saturated carbocycles. The van der Waals surface area contributed by atoms with Crippen LogP contribution in [0.15, 0.2) is 42.5 Å². The van der Waals surface area contributed by atoms with Crippen molar-refractivity contribution in [1.82, 2.24) is 4.98 Å². The molecule has 0 radical (unpaired) electrons. The summed E-state index contributed by atoms with van der Waals surface area (Å²) in [6, 6.07) is 13.1. The van der Waals surface area contributed by atoms with Crippen molar-refractivity contribution < 1.29 is 18.7 Å². The first kappa shape index (κ1) is 22.7. The van der Waals surface area contributed by atoms with Crippen LogP contribution in [-0.2, 0) is 17.6 Å². The number of pyridine rings is 1. The zero-order chi connectivity index (χ0) is 22.6. The van der Waals surface area contributed by atoms with Crippen LogP contribution in [0.3, 0.4) is 0 Å². The number of alkyl halides is 2. The van der Waals surface area contributed by atoms with E-state index in [0.29, 0.717) is 37.7 Å². The van der Waals surface area contributed by atoms with Crippen molar-refractivity contribution >= 4 is 11.8 Å². The number of benzene rings is 1. The summed E-state index contributed by atoms with van der Waals surface area (Å²) in [5.74, 6) is -4.40. The summed E-state index contributed by atoms with van der Waals surface area (Å²) in [7, 11) is 0. The summed E-state index contributed by atoms with van der Waals surface area (Å²) in [5.41, 5.74) is 2.90. The lowest BCUT2D eigenvalue weighted by atomic mass is 9.83. The van der Waals surface area contributed by atoms with Crippen LogP contribution < -0.4 is 5.32 Å². The summed E-state index contributed by atoms with van der Waals surface area (Å²) in [4.78, 5) is 16.5. The third-order valence-corrected chi connectivity index (χ3v) is 7.11. The first-order valence-electron chi connectivity index (χ1n) is 11.8. The molecule has 0 spiro atoms. The Balaban J connectivity index is 1.28. The van der Waals surface area contributed by atoms with Gasteiger partial charge in [0.2, 0.25) is 0 Å². The van der Waals surface area contributed by atoms with Gasteiger partial charge in [-0.2, -0.15) is 0 Å². The van der Waals surface area contributed by atoms with Gasteiger partial charge in [0.05, 0.1) is 5.92 Å². The second-order valence-corrected chi connectivity index (χ2v) is 9.31. The lowest BCUT2D eigenvalue weighted by molar-refractivity contribution is -0.140. The van der Waals surface area contributed by atoms with Crippen LogP contribution in [0.5, 0.6) is 0 Å². The van der Waals surface area contributed by atoms with Gasteiger partial charge in [-0.15, -0.1) is 0 Å². The number of hydrogen-bond donors (Lipinski definition) is 2. The molecular formula is C26H32F2N2O2. The molecule has 4 rings (SSSR count). The van der Waals surface area contributed by atoms with Crippen LogP contribution in [-0.4, -0.2) is 28.5 Å². The quantitative estimate of drug-likeness (QED) is 0.463. The van der Waals surface area contributed by atoms with Gasteiger partial charge in [0.25, 0.3) is 5.92 Å². The van der Waals surface area contributed by atoms with Gasteiger partial charge in [-0.3, -0.25) is 4.79 Å².